The summed E-state index contributed by atoms with van der Waals surface area (Å²) in [6, 6.07) is 7.41. The molecule has 0 aliphatic heterocycles. The van der Waals surface area contributed by atoms with E-state index in [-0.39, 0.29) is 5.82 Å². The van der Waals surface area contributed by atoms with Crippen molar-refractivity contribution in [2.45, 2.75) is 30.7 Å². The first-order chi connectivity index (χ1) is 7.27. The number of hydrogen-bond acceptors (Lipinski definition) is 2. The van der Waals surface area contributed by atoms with E-state index < -0.39 is 0 Å². The first-order valence-electron chi connectivity index (χ1n) is 5.32. The highest BCUT2D eigenvalue weighted by Gasteiger charge is 2.07. The quantitative estimate of drug-likeness (QED) is 0.748. The van der Waals surface area contributed by atoms with Crippen LogP contribution in [0, 0.1) is 5.82 Å². The topological polar surface area (TPSA) is 12.0 Å². The van der Waals surface area contributed by atoms with Crippen LogP contribution in [0.5, 0.6) is 0 Å². The summed E-state index contributed by atoms with van der Waals surface area (Å²) in [4.78, 5) is 0.744. The van der Waals surface area contributed by atoms with Gasteiger partial charge in [0.1, 0.15) is 5.82 Å². The highest BCUT2D eigenvalue weighted by molar-refractivity contribution is 7.99. The maximum Gasteiger partial charge on any atom is 0.136 e. The van der Waals surface area contributed by atoms with Gasteiger partial charge in [0, 0.05) is 16.7 Å². The average Bonchev–Trinajstić information content (AvgIpc) is 2.26. The van der Waals surface area contributed by atoms with Crippen LogP contribution >= 0.6 is 11.8 Å². The summed E-state index contributed by atoms with van der Waals surface area (Å²) in [6.07, 6.45) is 2.29. The molecule has 1 nitrogen and oxygen atoms in total. The van der Waals surface area contributed by atoms with Crippen LogP contribution in [0.2, 0.25) is 0 Å². The fourth-order valence-electron chi connectivity index (χ4n) is 1.41. The third kappa shape index (κ3) is 4.22. The summed E-state index contributed by atoms with van der Waals surface area (Å²) in [5, 5.41) is 3.25. The number of nitrogens with one attached hydrogen (secondary N) is 1. The van der Waals surface area contributed by atoms with E-state index in [1.165, 1.54) is 6.07 Å². The largest absolute Gasteiger partial charge is 0.316 e. The van der Waals surface area contributed by atoms with Gasteiger partial charge in [-0.2, -0.15) is 0 Å². The van der Waals surface area contributed by atoms with E-state index in [1.807, 2.05) is 19.2 Å². The predicted octanol–water partition coefficient (Wildman–Crippen LogP) is 3.31. The van der Waals surface area contributed by atoms with E-state index >= 15 is 0 Å². The summed E-state index contributed by atoms with van der Waals surface area (Å²) in [5.41, 5.74) is 0. The summed E-state index contributed by atoms with van der Waals surface area (Å²) < 4.78 is 13.3. The van der Waals surface area contributed by atoms with Crippen LogP contribution in [0.25, 0.3) is 0 Å². The van der Waals surface area contributed by atoms with Crippen LogP contribution < -0.4 is 5.32 Å². The third-order valence-electron chi connectivity index (χ3n) is 2.32. The van der Waals surface area contributed by atoms with Gasteiger partial charge < -0.3 is 5.32 Å². The molecule has 0 bridgehead atoms. The molecule has 1 unspecified atom stereocenters. The number of halogens is 1. The Morgan fingerprint density at radius 2 is 2.13 bits per heavy atom. The van der Waals surface area contributed by atoms with E-state index in [0.717, 1.165) is 23.5 Å². The molecule has 3 heteroatoms. The van der Waals surface area contributed by atoms with E-state index in [9.17, 15) is 4.39 Å². The standard InChI is InChI=1S/C12H18FNS/c1-3-6-10(14-2)9-15-12-8-5-4-7-11(12)13/h4-5,7-8,10,14H,3,6,9H2,1-2H3. The van der Waals surface area contributed by atoms with Crippen LogP contribution in [0.4, 0.5) is 4.39 Å². The van der Waals surface area contributed by atoms with Crippen molar-refractivity contribution in [3.63, 3.8) is 0 Å². The second-order valence-corrected chi connectivity index (χ2v) is 4.58. The first-order valence-corrected chi connectivity index (χ1v) is 6.31. The third-order valence-corrected chi connectivity index (χ3v) is 3.53. The van der Waals surface area contributed by atoms with E-state index in [4.69, 9.17) is 0 Å². The monoisotopic (exact) mass is 227 g/mol. The minimum Gasteiger partial charge on any atom is -0.316 e. The lowest BCUT2D eigenvalue weighted by molar-refractivity contribution is 0.563. The van der Waals surface area contributed by atoms with E-state index in [2.05, 4.69) is 12.2 Å². The van der Waals surface area contributed by atoms with E-state index in [1.54, 1.807) is 17.8 Å². The summed E-state index contributed by atoms with van der Waals surface area (Å²) in [5.74, 6) is 0.805. The van der Waals surface area contributed by atoms with E-state index in [0.29, 0.717) is 6.04 Å². The first kappa shape index (κ1) is 12.5. The van der Waals surface area contributed by atoms with Gasteiger partial charge in [0.05, 0.1) is 0 Å². The lowest BCUT2D eigenvalue weighted by Crippen LogP contribution is -2.27. The Morgan fingerprint density at radius 1 is 1.40 bits per heavy atom. The molecular formula is C12H18FNS. The Balaban J connectivity index is 2.45. The maximum atomic E-state index is 13.3. The molecule has 0 spiro atoms. The Labute approximate surface area is 95.5 Å². The highest BCUT2D eigenvalue weighted by Crippen LogP contribution is 2.22. The molecule has 1 atom stereocenters. The van der Waals surface area contributed by atoms with Crippen molar-refractivity contribution in [1.29, 1.82) is 0 Å². The number of hydrogen-bond donors (Lipinski definition) is 1. The lowest BCUT2D eigenvalue weighted by Gasteiger charge is -2.14. The van der Waals surface area contributed by atoms with Crippen molar-refractivity contribution in [2.24, 2.45) is 0 Å². The van der Waals surface area contributed by atoms with Crippen LogP contribution in [0.3, 0.4) is 0 Å². The Kier molecular flexibility index (Phi) is 5.73. The molecular weight excluding hydrogens is 209 g/mol. The smallest absolute Gasteiger partial charge is 0.136 e. The molecule has 1 rings (SSSR count). The molecule has 0 radical (unpaired) electrons. The van der Waals surface area contributed by atoms with Gasteiger partial charge in [-0.25, -0.2) is 4.39 Å². The minimum atomic E-state index is -0.117. The Hall–Kier alpha value is -0.540. The summed E-state index contributed by atoms with van der Waals surface area (Å²) in [6.45, 7) is 2.16. The minimum absolute atomic E-state index is 0.117. The normalized spacial score (nSPS) is 12.7. The maximum absolute atomic E-state index is 13.3. The second-order valence-electron chi connectivity index (χ2n) is 3.52. The van der Waals surface area contributed by atoms with Crippen molar-refractivity contribution in [2.75, 3.05) is 12.8 Å². The van der Waals surface area contributed by atoms with Crippen molar-refractivity contribution in [1.82, 2.24) is 5.32 Å². The molecule has 84 valence electrons. The average molecular weight is 227 g/mol. The molecule has 0 amide bonds. The van der Waals surface area contributed by atoms with Gasteiger partial charge in [-0.05, 0) is 25.6 Å². The van der Waals surface area contributed by atoms with Gasteiger partial charge in [-0.15, -0.1) is 11.8 Å². The van der Waals surface area contributed by atoms with Crippen molar-refractivity contribution < 1.29 is 4.39 Å². The zero-order valence-corrected chi connectivity index (χ0v) is 10.1. The van der Waals surface area contributed by atoms with Gasteiger partial charge in [-0.3, -0.25) is 0 Å². The molecule has 0 aromatic heterocycles. The molecule has 0 saturated carbocycles. The van der Waals surface area contributed by atoms with Crippen LogP contribution in [0.1, 0.15) is 19.8 Å². The van der Waals surface area contributed by atoms with Gasteiger partial charge in [-0.1, -0.05) is 25.5 Å². The van der Waals surface area contributed by atoms with Crippen LogP contribution in [-0.2, 0) is 0 Å². The molecule has 1 aromatic rings. The molecule has 0 aliphatic rings. The van der Waals surface area contributed by atoms with Crippen molar-refractivity contribution in [3.05, 3.63) is 30.1 Å². The van der Waals surface area contributed by atoms with Crippen LogP contribution in [0.15, 0.2) is 29.2 Å². The molecule has 1 aromatic carbocycles. The zero-order chi connectivity index (χ0) is 11.1. The van der Waals surface area contributed by atoms with Gasteiger partial charge in [0.2, 0.25) is 0 Å². The Morgan fingerprint density at radius 3 is 2.73 bits per heavy atom. The number of thioether (sulfide) groups is 1. The molecule has 0 heterocycles. The van der Waals surface area contributed by atoms with Gasteiger partial charge in [0.25, 0.3) is 0 Å². The summed E-state index contributed by atoms with van der Waals surface area (Å²) >= 11 is 1.58. The Bertz CT molecular complexity index is 291. The lowest BCUT2D eigenvalue weighted by atomic mass is 10.2. The fourth-order valence-corrected chi connectivity index (χ4v) is 2.51. The molecule has 15 heavy (non-hydrogen) atoms. The van der Waals surface area contributed by atoms with Crippen LogP contribution in [-0.4, -0.2) is 18.8 Å². The number of benzene rings is 1. The predicted molar refractivity (Wildman–Crippen MR) is 64.9 cm³/mol. The zero-order valence-electron chi connectivity index (χ0n) is 9.29. The fraction of sp³-hybridized carbons (Fsp3) is 0.500. The van der Waals surface area contributed by atoms with Crippen molar-refractivity contribution >= 4 is 11.8 Å². The molecule has 0 aliphatic carbocycles. The molecule has 0 saturated heterocycles. The van der Waals surface area contributed by atoms with Gasteiger partial charge >= 0.3 is 0 Å². The van der Waals surface area contributed by atoms with Crippen molar-refractivity contribution in [3.8, 4) is 0 Å². The second kappa shape index (κ2) is 6.85. The molecule has 0 fully saturated rings. The molecule has 1 N–H and O–H groups in total. The highest BCUT2D eigenvalue weighted by atomic mass is 32.2. The summed E-state index contributed by atoms with van der Waals surface area (Å²) in [7, 11) is 1.96. The number of rotatable bonds is 6. The SMILES string of the molecule is CCCC(CSc1ccccc1F)NC. The van der Waals surface area contributed by atoms with Gasteiger partial charge in [0.15, 0.2) is 0 Å².